The van der Waals surface area contributed by atoms with Gasteiger partial charge in [-0.1, -0.05) is 34.1 Å². The van der Waals surface area contributed by atoms with Crippen LogP contribution in [0.5, 0.6) is 0 Å². The minimum Gasteiger partial charge on any atom is -0.480 e. The lowest BCUT2D eigenvalue weighted by Gasteiger charge is -2.27. The first-order valence-electron chi connectivity index (χ1n) is 6.98. The van der Waals surface area contributed by atoms with Crippen molar-refractivity contribution in [3.63, 3.8) is 0 Å². The number of ether oxygens (including phenoxy) is 1. The largest absolute Gasteiger partial charge is 0.480 e. The number of hydrogen-bond donors (Lipinski definition) is 2. The summed E-state index contributed by atoms with van der Waals surface area (Å²) in [6, 6.07) is 7.37. The Kier molecular flexibility index (Phi) is 5.37. The molecule has 1 aliphatic heterocycles. The minimum absolute atomic E-state index is 0.213. The molecule has 0 aliphatic carbocycles. The Balaban J connectivity index is 2.13. The second-order valence-electron chi connectivity index (χ2n) is 5.45. The van der Waals surface area contributed by atoms with E-state index in [0.29, 0.717) is 25.2 Å². The van der Waals surface area contributed by atoms with Crippen LogP contribution in [0.4, 0.5) is 0 Å². The molecule has 1 atom stereocenters. The number of halogens is 1. The van der Waals surface area contributed by atoms with E-state index in [0.717, 1.165) is 10.0 Å². The van der Waals surface area contributed by atoms with Gasteiger partial charge in [0.2, 0.25) is 5.91 Å². The Bertz CT molecular complexity index is 597. The summed E-state index contributed by atoms with van der Waals surface area (Å²) in [6.45, 7) is 2.39. The first-order valence-corrected chi connectivity index (χ1v) is 7.77. The number of benzene rings is 1. The highest BCUT2D eigenvalue weighted by Crippen LogP contribution is 2.18. The summed E-state index contributed by atoms with van der Waals surface area (Å²) in [4.78, 5) is 23.9. The van der Waals surface area contributed by atoms with Crippen LogP contribution in [-0.4, -0.2) is 35.7 Å². The quantitative estimate of drug-likeness (QED) is 0.836. The number of hydrogen-bond acceptors (Lipinski definition) is 3. The lowest BCUT2D eigenvalue weighted by atomic mass is 9.92. The standard InChI is InChI=1S/C16H18BrNO4/c1-16(15(20)21,10-11-2-4-13(17)5-3-11)18-14(19)12-6-8-22-9-7-12/h2-6H,7-10H2,1H3,(H,18,19)(H,20,21). The van der Waals surface area contributed by atoms with Gasteiger partial charge in [-0.2, -0.15) is 0 Å². The molecule has 1 amide bonds. The third-order valence-electron chi connectivity index (χ3n) is 3.59. The summed E-state index contributed by atoms with van der Waals surface area (Å²) in [6.07, 6.45) is 2.41. The minimum atomic E-state index is -1.36. The highest BCUT2D eigenvalue weighted by molar-refractivity contribution is 9.10. The molecule has 5 nitrogen and oxygen atoms in total. The maximum atomic E-state index is 12.3. The van der Waals surface area contributed by atoms with Crippen LogP contribution in [0.3, 0.4) is 0 Å². The van der Waals surface area contributed by atoms with Crippen molar-refractivity contribution in [1.29, 1.82) is 0 Å². The average molecular weight is 368 g/mol. The molecule has 0 fully saturated rings. The summed E-state index contributed by atoms with van der Waals surface area (Å²) in [5.74, 6) is -1.40. The molecule has 1 aliphatic rings. The zero-order valence-electron chi connectivity index (χ0n) is 12.3. The molecule has 1 aromatic carbocycles. The van der Waals surface area contributed by atoms with E-state index in [4.69, 9.17) is 4.74 Å². The molecule has 2 rings (SSSR count). The lowest BCUT2D eigenvalue weighted by Crippen LogP contribution is -2.54. The zero-order valence-corrected chi connectivity index (χ0v) is 13.9. The molecule has 22 heavy (non-hydrogen) atoms. The van der Waals surface area contributed by atoms with Gasteiger partial charge in [0, 0.05) is 22.9 Å². The second-order valence-corrected chi connectivity index (χ2v) is 6.36. The van der Waals surface area contributed by atoms with Crippen LogP contribution < -0.4 is 5.32 Å². The molecule has 118 valence electrons. The predicted molar refractivity (Wildman–Crippen MR) is 85.5 cm³/mol. The van der Waals surface area contributed by atoms with Gasteiger partial charge in [-0.25, -0.2) is 4.79 Å². The van der Waals surface area contributed by atoms with Crippen molar-refractivity contribution >= 4 is 27.8 Å². The van der Waals surface area contributed by atoms with Crippen molar-refractivity contribution in [2.75, 3.05) is 13.2 Å². The van der Waals surface area contributed by atoms with E-state index in [1.165, 1.54) is 6.92 Å². The summed E-state index contributed by atoms with van der Waals surface area (Å²) in [5.41, 5.74) is 0.0632. The SMILES string of the molecule is CC(Cc1ccc(Br)cc1)(NC(=O)C1=CCOCC1)C(=O)O. The maximum absolute atomic E-state index is 12.3. The Hall–Kier alpha value is -1.66. The molecule has 0 saturated carbocycles. The van der Waals surface area contributed by atoms with Crippen LogP contribution in [0.25, 0.3) is 0 Å². The second kappa shape index (κ2) is 7.07. The summed E-state index contributed by atoms with van der Waals surface area (Å²) >= 11 is 3.34. The summed E-state index contributed by atoms with van der Waals surface area (Å²) in [7, 11) is 0. The molecule has 0 aromatic heterocycles. The number of carbonyl (C=O) groups excluding carboxylic acids is 1. The maximum Gasteiger partial charge on any atom is 0.329 e. The molecule has 1 unspecified atom stereocenters. The third-order valence-corrected chi connectivity index (χ3v) is 4.12. The van der Waals surface area contributed by atoms with Gasteiger partial charge in [-0.15, -0.1) is 0 Å². The summed E-state index contributed by atoms with van der Waals surface area (Å²) in [5, 5.41) is 12.2. The average Bonchev–Trinajstić information content (AvgIpc) is 2.50. The van der Waals surface area contributed by atoms with Gasteiger partial charge in [-0.05, 0) is 24.6 Å². The Labute approximate surface area is 137 Å². The van der Waals surface area contributed by atoms with Crippen molar-refractivity contribution < 1.29 is 19.4 Å². The predicted octanol–water partition coefficient (Wildman–Crippen LogP) is 2.30. The highest BCUT2D eigenvalue weighted by atomic mass is 79.9. The van der Waals surface area contributed by atoms with E-state index in [1.54, 1.807) is 6.08 Å². The lowest BCUT2D eigenvalue weighted by molar-refractivity contribution is -0.146. The molecule has 0 bridgehead atoms. The van der Waals surface area contributed by atoms with Gasteiger partial charge < -0.3 is 15.2 Å². The number of carbonyl (C=O) groups is 2. The molecular weight excluding hydrogens is 350 g/mol. The monoisotopic (exact) mass is 367 g/mol. The van der Waals surface area contributed by atoms with E-state index in [1.807, 2.05) is 24.3 Å². The fourth-order valence-corrected chi connectivity index (χ4v) is 2.51. The number of aliphatic carboxylic acids is 1. The molecule has 6 heteroatoms. The van der Waals surface area contributed by atoms with Crippen LogP contribution in [0.15, 0.2) is 40.4 Å². The Morgan fingerprint density at radius 3 is 2.59 bits per heavy atom. The number of carboxylic acids is 1. The molecule has 2 N–H and O–H groups in total. The van der Waals surface area contributed by atoms with Gasteiger partial charge >= 0.3 is 5.97 Å². The van der Waals surface area contributed by atoms with Crippen LogP contribution in [0.1, 0.15) is 18.9 Å². The van der Waals surface area contributed by atoms with E-state index in [-0.39, 0.29) is 12.3 Å². The Morgan fingerprint density at radius 2 is 2.05 bits per heavy atom. The fraction of sp³-hybridized carbons (Fsp3) is 0.375. The van der Waals surface area contributed by atoms with E-state index >= 15 is 0 Å². The first kappa shape index (κ1) is 16.7. The van der Waals surface area contributed by atoms with Gasteiger partial charge in [0.05, 0.1) is 13.2 Å². The van der Waals surface area contributed by atoms with E-state index < -0.39 is 11.5 Å². The van der Waals surface area contributed by atoms with Gasteiger partial charge in [0.25, 0.3) is 0 Å². The van der Waals surface area contributed by atoms with E-state index in [9.17, 15) is 14.7 Å². The topological polar surface area (TPSA) is 75.6 Å². The van der Waals surface area contributed by atoms with Crippen molar-refractivity contribution in [3.05, 3.63) is 46.0 Å². The third kappa shape index (κ3) is 4.18. The number of amides is 1. The van der Waals surface area contributed by atoms with Crippen LogP contribution >= 0.6 is 15.9 Å². The van der Waals surface area contributed by atoms with Crippen molar-refractivity contribution in [2.45, 2.75) is 25.3 Å². The zero-order chi connectivity index (χ0) is 16.2. The highest BCUT2D eigenvalue weighted by Gasteiger charge is 2.35. The Morgan fingerprint density at radius 1 is 1.36 bits per heavy atom. The summed E-state index contributed by atoms with van der Waals surface area (Å²) < 4.78 is 6.08. The first-order chi connectivity index (χ1) is 10.4. The fourth-order valence-electron chi connectivity index (χ4n) is 2.25. The molecule has 1 aromatic rings. The number of nitrogens with one attached hydrogen (secondary N) is 1. The van der Waals surface area contributed by atoms with Crippen LogP contribution in [0, 0.1) is 0 Å². The van der Waals surface area contributed by atoms with Crippen molar-refractivity contribution in [3.8, 4) is 0 Å². The molecule has 0 spiro atoms. The van der Waals surface area contributed by atoms with E-state index in [2.05, 4.69) is 21.2 Å². The molecular formula is C16H18BrNO4. The smallest absolute Gasteiger partial charge is 0.329 e. The van der Waals surface area contributed by atoms with Gasteiger partial charge in [0.15, 0.2) is 0 Å². The normalized spacial score (nSPS) is 17.3. The van der Waals surface area contributed by atoms with Crippen LogP contribution in [0.2, 0.25) is 0 Å². The van der Waals surface area contributed by atoms with Crippen LogP contribution in [-0.2, 0) is 20.7 Å². The van der Waals surface area contributed by atoms with Gasteiger partial charge in [0.1, 0.15) is 5.54 Å². The molecule has 1 heterocycles. The molecule has 0 saturated heterocycles. The van der Waals surface area contributed by atoms with Crippen molar-refractivity contribution in [2.24, 2.45) is 0 Å². The number of carboxylic acid groups (broad SMARTS) is 1. The van der Waals surface area contributed by atoms with Crippen molar-refractivity contribution in [1.82, 2.24) is 5.32 Å². The van der Waals surface area contributed by atoms with Gasteiger partial charge in [-0.3, -0.25) is 4.79 Å². The molecule has 0 radical (unpaired) electrons. The number of rotatable bonds is 5.